The van der Waals surface area contributed by atoms with Crippen LogP contribution in [0.25, 0.3) is 0 Å². The van der Waals surface area contributed by atoms with Crippen LogP contribution in [0.1, 0.15) is 181 Å². The van der Waals surface area contributed by atoms with Crippen LogP contribution in [-0.4, -0.2) is 75.7 Å². The van der Waals surface area contributed by atoms with E-state index in [0.717, 1.165) is 38.0 Å². The van der Waals surface area contributed by atoms with Crippen LogP contribution in [0.3, 0.4) is 0 Å². The summed E-state index contributed by atoms with van der Waals surface area (Å²) in [5.74, 6) is -1.03. The van der Waals surface area contributed by atoms with Crippen LogP contribution >= 0.6 is 11.8 Å². The molecule has 0 heterocycles. The Morgan fingerprint density at radius 1 is 0.649 bits per heavy atom. The number of allylic oxidation sites excluding steroid dienone is 7. The number of carboxylic acid groups (broad SMARTS) is 1. The van der Waals surface area contributed by atoms with Crippen LogP contribution in [0, 0.1) is 5.92 Å². The molecule has 57 heavy (non-hydrogen) atoms. The van der Waals surface area contributed by atoms with Crippen LogP contribution in [0.15, 0.2) is 48.6 Å². The zero-order valence-corrected chi connectivity index (χ0v) is 37.0. The van der Waals surface area contributed by atoms with Crippen LogP contribution < -0.4 is 5.73 Å². The molecule has 0 amide bonds. The van der Waals surface area contributed by atoms with Gasteiger partial charge in [-0.15, -0.1) is 11.8 Å². The quantitative estimate of drug-likeness (QED) is 0.0203. The molecule has 0 fully saturated rings. The van der Waals surface area contributed by atoms with Gasteiger partial charge in [-0.2, -0.15) is 0 Å². The summed E-state index contributed by atoms with van der Waals surface area (Å²) in [4.78, 5) is 35.6. The lowest BCUT2D eigenvalue weighted by Gasteiger charge is -2.21. The Morgan fingerprint density at radius 2 is 1.23 bits per heavy atom. The second-order valence-electron chi connectivity index (χ2n) is 15.9. The van der Waals surface area contributed by atoms with Crippen LogP contribution in [0.5, 0.6) is 0 Å². The molecule has 0 aliphatic heterocycles. The first-order chi connectivity index (χ1) is 27.6. The topological polar surface area (TPSA) is 156 Å². The van der Waals surface area contributed by atoms with Gasteiger partial charge in [-0.05, 0) is 44.4 Å². The summed E-state index contributed by atoms with van der Waals surface area (Å²) in [5.41, 5.74) is 6.07. The normalized spacial score (nSPS) is 14.3. The molecular weight excluding hydrogens is 739 g/mol. The SMILES string of the molecule is CCCCC/C=C\C\C=C/C=C/C=C/[C@@H](SC[C@H](N)C(=O)OC[C@@H](O)COC(=O)CCCCCCCCCCCCCCCCCC(C)C)[C@@H](O)CCCC(=O)O. The smallest absolute Gasteiger partial charge is 0.323 e. The zero-order chi connectivity index (χ0) is 42.2. The molecule has 0 saturated heterocycles. The maximum Gasteiger partial charge on any atom is 0.323 e. The van der Waals surface area contributed by atoms with E-state index in [1.165, 1.54) is 114 Å². The summed E-state index contributed by atoms with van der Waals surface area (Å²) in [5, 5.41) is 29.5. The molecule has 0 aromatic heterocycles. The first-order valence-corrected chi connectivity index (χ1v) is 23.5. The van der Waals surface area contributed by atoms with Gasteiger partial charge < -0.3 is 30.5 Å². The van der Waals surface area contributed by atoms with E-state index in [1.807, 2.05) is 30.4 Å². The highest BCUT2D eigenvalue weighted by Gasteiger charge is 2.23. The molecular formula is C47H83NO8S. The summed E-state index contributed by atoms with van der Waals surface area (Å²) in [6.45, 7) is 6.19. The summed E-state index contributed by atoms with van der Waals surface area (Å²) in [7, 11) is 0. The van der Waals surface area contributed by atoms with Crippen molar-refractivity contribution in [2.75, 3.05) is 19.0 Å². The van der Waals surface area contributed by atoms with Gasteiger partial charge in [0, 0.05) is 23.8 Å². The van der Waals surface area contributed by atoms with Crippen molar-refractivity contribution in [3.8, 4) is 0 Å². The van der Waals surface area contributed by atoms with Gasteiger partial charge in [0.25, 0.3) is 0 Å². The Morgan fingerprint density at radius 3 is 1.82 bits per heavy atom. The number of rotatable bonds is 40. The van der Waals surface area contributed by atoms with Crippen molar-refractivity contribution < 1.29 is 39.2 Å². The number of unbranched alkanes of at least 4 members (excludes halogenated alkanes) is 17. The lowest BCUT2D eigenvalue weighted by atomic mass is 10.0. The number of aliphatic hydroxyl groups is 2. The maximum absolute atomic E-state index is 12.5. The number of aliphatic carboxylic acids is 1. The van der Waals surface area contributed by atoms with Crippen molar-refractivity contribution in [3.05, 3.63) is 48.6 Å². The van der Waals surface area contributed by atoms with Crippen molar-refractivity contribution in [2.24, 2.45) is 11.7 Å². The van der Waals surface area contributed by atoms with Gasteiger partial charge in [-0.1, -0.05) is 179 Å². The lowest BCUT2D eigenvalue weighted by Crippen LogP contribution is -2.38. The van der Waals surface area contributed by atoms with Crippen LogP contribution in [0.2, 0.25) is 0 Å². The molecule has 5 N–H and O–H groups in total. The van der Waals surface area contributed by atoms with E-state index in [1.54, 1.807) is 0 Å². The predicted molar refractivity (Wildman–Crippen MR) is 238 cm³/mol. The second kappa shape index (κ2) is 40.4. The van der Waals surface area contributed by atoms with Gasteiger partial charge in [0.15, 0.2) is 0 Å². The first kappa shape index (κ1) is 54.6. The van der Waals surface area contributed by atoms with Crippen LogP contribution in [-0.2, 0) is 23.9 Å². The van der Waals surface area contributed by atoms with Crippen molar-refractivity contribution in [1.29, 1.82) is 0 Å². The minimum Gasteiger partial charge on any atom is -0.481 e. The van der Waals surface area contributed by atoms with Crippen molar-refractivity contribution in [3.63, 3.8) is 0 Å². The molecule has 0 spiro atoms. The summed E-state index contributed by atoms with van der Waals surface area (Å²) < 4.78 is 10.3. The number of hydrogen-bond donors (Lipinski definition) is 4. The summed E-state index contributed by atoms with van der Waals surface area (Å²) in [6.07, 6.45) is 40.5. The molecule has 0 aromatic carbocycles. The minimum atomic E-state index is -1.16. The number of thioether (sulfide) groups is 1. The molecule has 0 bridgehead atoms. The number of carbonyl (C=O) groups is 3. The Labute approximate surface area is 351 Å². The molecule has 330 valence electrons. The number of nitrogens with two attached hydrogens (primary N) is 1. The number of aliphatic hydroxyl groups excluding tert-OH is 2. The standard InChI is InChI=1S/C47H83NO8S/c1-4-5-6-7-8-9-10-17-20-23-26-29-34-44(43(50)33-31-35-45(51)52)57-39-42(48)47(54)56-38-41(49)37-55-46(53)36-30-27-24-21-18-15-13-11-12-14-16-19-22-25-28-32-40(2)3/h8-9,17,20,23,26,29,34,40-44,49-50H,4-7,10-16,18-19,21-22,24-25,27-28,30-33,35-39,48H2,1-3H3,(H,51,52)/b9-8-,20-17-,26-23+,34-29+/t41-,42-,43-,44+/m0/s1. The van der Waals surface area contributed by atoms with Gasteiger partial charge in [0.1, 0.15) is 25.4 Å². The van der Waals surface area contributed by atoms with E-state index < -0.39 is 35.4 Å². The second-order valence-corrected chi connectivity index (χ2v) is 17.1. The third-order valence-electron chi connectivity index (χ3n) is 9.74. The van der Waals surface area contributed by atoms with Gasteiger partial charge in [0.2, 0.25) is 0 Å². The van der Waals surface area contributed by atoms with E-state index in [9.17, 15) is 24.6 Å². The van der Waals surface area contributed by atoms with Crippen molar-refractivity contribution >= 4 is 29.7 Å². The Kier molecular flexibility index (Phi) is 38.7. The molecule has 0 unspecified atom stereocenters. The third kappa shape index (κ3) is 38.9. The Bertz CT molecular complexity index is 1090. The maximum atomic E-state index is 12.5. The molecule has 0 saturated carbocycles. The van der Waals surface area contributed by atoms with Gasteiger partial charge in [-0.25, -0.2) is 0 Å². The molecule has 0 rings (SSSR count). The molecule has 0 aliphatic rings. The Hall–Kier alpha value is -2.40. The minimum absolute atomic E-state index is 0.0430. The molecule has 0 radical (unpaired) electrons. The average Bonchev–Trinajstić information content (AvgIpc) is 3.18. The third-order valence-corrected chi connectivity index (χ3v) is 11.1. The highest BCUT2D eigenvalue weighted by atomic mass is 32.2. The Balaban J connectivity index is 4.21. The highest BCUT2D eigenvalue weighted by Crippen LogP contribution is 2.22. The molecule has 0 aliphatic carbocycles. The van der Waals surface area contributed by atoms with Gasteiger partial charge in [-0.3, -0.25) is 14.4 Å². The largest absolute Gasteiger partial charge is 0.481 e. The number of carbonyl (C=O) groups excluding carboxylic acids is 2. The average molecular weight is 822 g/mol. The first-order valence-electron chi connectivity index (χ1n) is 22.5. The fourth-order valence-corrected chi connectivity index (χ4v) is 7.31. The van der Waals surface area contributed by atoms with Gasteiger partial charge in [0.05, 0.1) is 6.10 Å². The number of hydrogen-bond acceptors (Lipinski definition) is 9. The van der Waals surface area contributed by atoms with Gasteiger partial charge >= 0.3 is 17.9 Å². The fraction of sp³-hybridized carbons (Fsp3) is 0.766. The van der Waals surface area contributed by atoms with Crippen LogP contribution in [0.4, 0.5) is 0 Å². The monoisotopic (exact) mass is 822 g/mol. The van der Waals surface area contributed by atoms with E-state index in [4.69, 9.17) is 20.3 Å². The molecule has 10 heteroatoms. The zero-order valence-electron chi connectivity index (χ0n) is 36.2. The van der Waals surface area contributed by atoms with E-state index in [0.29, 0.717) is 12.8 Å². The van der Waals surface area contributed by atoms with Crippen molar-refractivity contribution in [1.82, 2.24) is 0 Å². The number of carboxylic acids is 1. The fourth-order valence-electron chi connectivity index (χ4n) is 6.18. The number of esters is 2. The molecule has 0 aromatic rings. The highest BCUT2D eigenvalue weighted by molar-refractivity contribution is 8.00. The molecule has 4 atom stereocenters. The van der Waals surface area contributed by atoms with E-state index >= 15 is 0 Å². The van der Waals surface area contributed by atoms with E-state index in [-0.39, 0.29) is 37.8 Å². The lowest BCUT2D eigenvalue weighted by molar-refractivity contribution is -0.153. The molecule has 9 nitrogen and oxygen atoms in total. The predicted octanol–water partition coefficient (Wildman–Crippen LogP) is 11.0. The summed E-state index contributed by atoms with van der Waals surface area (Å²) in [6, 6.07) is -1.01. The number of ether oxygens (including phenoxy) is 2. The van der Waals surface area contributed by atoms with Crippen molar-refractivity contribution in [2.45, 2.75) is 205 Å². The summed E-state index contributed by atoms with van der Waals surface area (Å²) >= 11 is 1.27. The van der Waals surface area contributed by atoms with E-state index in [2.05, 4.69) is 39.0 Å².